The Bertz CT molecular complexity index is 492. The molecule has 0 aliphatic carbocycles. The number of halogens is 1. The second kappa shape index (κ2) is 3.17. The van der Waals surface area contributed by atoms with E-state index in [9.17, 15) is 9.18 Å². The maximum atomic E-state index is 13.3. The summed E-state index contributed by atoms with van der Waals surface area (Å²) in [5.41, 5.74) is 0.833. The molecule has 2 aromatic rings. The van der Waals surface area contributed by atoms with Crippen molar-refractivity contribution in [2.75, 3.05) is 0 Å². The molecule has 0 saturated carbocycles. The van der Waals surface area contributed by atoms with Crippen LogP contribution in [0.2, 0.25) is 0 Å². The summed E-state index contributed by atoms with van der Waals surface area (Å²) in [7, 11) is 0. The lowest BCUT2D eigenvalue weighted by Gasteiger charge is -1.99. The fourth-order valence-corrected chi connectivity index (χ4v) is 1.39. The lowest BCUT2D eigenvalue weighted by Crippen LogP contribution is -1.96. The minimum absolute atomic E-state index is 0.175. The van der Waals surface area contributed by atoms with Crippen molar-refractivity contribution in [2.24, 2.45) is 0 Å². The number of hydrogen-bond donors (Lipinski definition) is 0. The number of pyridine rings is 1. The lowest BCUT2D eigenvalue weighted by molar-refractivity contribution is 0.112. The molecule has 14 heavy (non-hydrogen) atoms. The first kappa shape index (κ1) is 8.80. The maximum Gasteiger partial charge on any atom is 0.170 e. The van der Waals surface area contributed by atoms with E-state index in [1.807, 2.05) is 6.92 Å². The molecule has 2 heterocycles. The SMILES string of the molecule is CCn1cnc2c(C=O)ncc(F)c21. The van der Waals surface area contributed by atoms with Crippen molar-refractivity contribution in [2.45, 2.75) is 13.5 Å². The van der Waals surface area contributed by atoms with Crippen LogP contribution in [0.15, 0.2) is 12.5 Å². The summed E-state index contributed by atoms with van der Waals surface area (Å²) in [6, 6.07) is 0. The summed E-state index contributed by atoms with van der Waals surface area (Å²) in [5.74, 6) is -0.454. The van der Waals surface area contributed by atoms with E-state index in [1.165, 1.54) is 6.33 Å². The predicted octanol–water partition coefficient (Wildman–Crippen LogP) is 1.40. The van der Waals surface area contributed by atoms with Crippen LogP contribution in [-0.2, 0) is 6.54 Å². The van der Waals surface area contributed by atoms with Gasteiger partial charge in [-0.05, 0) is 6.92 Å². The van der Waals surface area contributed by atoms with Gasteiger partial charge in [0.25, 0.3) is 0 Å². The number of aryl methyl sites for hydroxylation is 1. The summed E-state index contributed by atoms with van der Waals surface area (Å²) in [6.45, 7) is 2.48. The first-order chi connectivity index (χ1) is 6.77. The number of imidazole rings is 1. The fraction of sp³-hybridized carbons (Fsp3) is 0.222. The van der Waals surface area contributed by atoms with Crippen LogP contribution in [0.3, 0.4) is 0 Å². The molecule has 72 valence electrons. The molecule has 5 heteroatoms. The van der Waals surface area contributed by atoms with Gasteiger partial charge in [0.1, 0.15) is 16.7 Å². The van der Waals surface area contributed by atoms with E-state index in [1.54, 1.807) is 4.57 Å². The number of fused-ring (bicyclic) bond motifs is 1. The summed E-state index contributed by atoms with van der Waals surface area (Å²) in [6.07, 6.45) is 3.12. The summed E-state index contributed by atoms with van der Waals surface area (Å²) in [4.78, 5) is 18.2. The minimum Gasteiger partial charge on any atom is -0.328 e. The highest BCUT2D eigenvalue weighted by Crippen LogP contribution is 2.17. The Morgan fingerprint density at radius 1 is 1.57 bits per heavy atom. The van der Waals surface area contributed by atoms with E-state index in [0.717, 1.165) is 6.20 Å². The van der Waals surface area contributed by atoms with Gasteiger partial charge in [0, 0.05) is 6.54 Å². The highest BCUT2D eigenvalue weighted by molar-refractivity contribution is 5.92. The third kappa shape index (κ3) is 1.09. The molecule has 0 aromatic carbocycles. The number of rotatable bonds is 2. The Hall–Kier alpha value is -1.78. The molecule has 0 atom stereocenters. The fourth-order valence-electron chi connectivity index (χ4n) is 1.39. The van der Waals surface area contributed by atoms with Gasteiger partial charge in [0.15, 0.2) is 12.1 Å². The number of hydrogen-bond acceptors (Lipinski definition) is 3. The van der Waals surface area contributed by atoms with Crippen LogP contribution < -0.4 is 0 Å². The lowest BCUT2D eigenvalue weighted by atomic mass is 10.3. The molecule has 2 rings (SSSR count). The largest absolute Gasteiger partial charge is 0.328 e. The van der Waals surface area contributed by atoms with Crippen LogP contribution in [0.5, 0.6) is 0 Å². The molecule has 0 amide bonds. The van der Waals surface area contributed by atoms with Crippen molar-refractivity contribution < 1.29 is 9.18 Å². The van der Waals surface area contributed by atoms with E-state index in [2.05, 4.69) is 9.97 Å². The van der Waals surface area contributed by atoms with Crippen molar-refractivity contribution in [3.8, 4) is 0 Å². The molecule has 0 aliphatic heterocycles. The van der Waals surface area contributed by atoms with E-state index < -0.39 is 5.82 Å². The van der Waals surface area contributed by atoms with Crippen LogP contribution in [0.1, 0.15) is 17.4 Å². The minimum atomic E-state index is -0.454. The molecule has 4 nitrogen and oxygen atoms in total. The third-order valence-corrected chi connectivity index (χ3v) is 2.08. The Balaban J connectivity index is 2.86. The van der Waals surface area contributed by atoms with Crippen LogP contribution in [0, 0.1) is 5.82 Å². The van der Waals surface area contributed by atoms with Crippen LogP contribution >= 0.6 is 0 Å². The van der Waals surface area contributed by atoms with Crippen molar-refractivity contribution in [3.05, 3.63) is 24.0 Å². The van der Waals surface area contributed by atoms with Crippen LogP contribution in [0.25, 0.3) is 11.0 Å². The molecule has 0 fully saturated rings. The van der Waals surface area contributed by atoms with Gasteiger partial charge in [0.05, 0.1) is 12.5 Å². The van der Waals surface area contributed by atoms with Gasteiger partial charge in [-0.3, -0.25) is 4.79 Å². The zero-order chi connectivity index (χ0) is 10.1. The highest BCUT2D eigenvalue weighted by Gasteiger charge is 2.11. The molecule has 2 aromatic heterocycles. The predicted molar refractivity (Wildman–Crippen MR) is 48.5 cm³/mol. The van der Waals surface area contributed by atoms with Gasteiger partial charge in [-0.15, -0.1) is 0 Å². The van der Waals surface area contributed by atoms with Gasteiger partial charge in [-0.25, -0.2) is 14.4 Å². The molecule has 0 bridgehead atoms. The van der Waals surface area contributed by atoms with Gasteiger partial charge in [-0.1, -0.05) is 0 Å². The Morgan fingerprint density at radius 2 is 2.36 bits per heavy atom. The number of aromatic nitrogens is 3. The van der Waals surface area contributed by atoms with E-state index >= 15 is 0 Å². The third-order valence-electron chi connectivity index (χ3n) is 2.08. The van der Waals surface area contributed by atoms with Crippen molar-refractivity contribution in [1.82, 2.24) is 14.5 Å². The zero-order valence-electron chi connectivity index (χ0n) is 7.57. The Labute approximate surface area is 79.4 Å². The van der Waals surface area contributed by atoms with Gasteiger partial charge in [-0.2, -0.15) is 0 Å². The standard InChI is InChI=1S/C9H8FN3O/c1-2-13-5-12-8-7(4-14)11-3-6(10)9(8)13/h3-5H,2H2,1H3. The van der Waals surface area contributed by atoms with Gasteiger partial charge in [0.2, 0.25) is 0 Å². The second-order valence-corrected chi connectivity index (χ2v) is 2.84. The quantitative estimate of drug-likeness (QED) is 0.677. The van der Waals surface area contributed by atoms with E-state index in [4.69, 9.17) is 0 Å². The van der Waals surface area contributed by atoms with Crippen LogP contribution in [0.4, 0.5) is 4.39 Å². The molecule has 0 aliphatic rings. The summed E-state index contributed by atoms with van der Waals surface area (Å²) in [5, 5.41) is 0. The normalized spacial score (nSPS) is 10.7. The number of aldehydes is 1. The topological polar surface area (TPSA) is 47.8 Å². The second-order valence-electron chi connectivity index (χ2n) is 2.84. The number of nitrogens with zero attached hydrogens (tertiary/aromatic N) is 3. The highest BCUT2D eigenvalue weighted by atomic mass is 19.1. The molecule has 0 saturated heterocycles. The monoisotopic (exact) mass is 193 g/mol. The Kier molecular flexibility index (Phi) is 1.99. The van der Waals surface area contributed by atoms with Crippen LogP contribution in [-0.4, -0.2) is 20.8 Å². The molecule has 0 spiro atoms. The molecule has 0 N–H and O–H groups in total. The average molecular weight is 193 g/mol. The van der Waals surface area contributed by atoms with Crippen molar-refractivity contribution in [3.63, 3.8) is 0 Å². The Morgan fingerprint density at radius 3 is 3.00 bits per heavy atom. The van der Waals surface area contributed by atoms with E-state index in [-0.39, 0.29) is 5.69 Å². The van der Waals surface area contributed by atoms with Crippen molar-refractivity contribution in [1.29, 1.82) is 0 Å². The molecular formula is C9H8FN3O. The number of carbonyl (C=O) groups is 1. The molecule has 0 radical (unpaired) electrons. The molecule has 0 unspecified atom stereocenters. The summed E-state index contributed by atoms with van der Waals surface area (Å²) < 4.78 is 15.0. The average Bonchev–Trinajstić information content (AvgIpc) is 2.63. The van der Waals surface area contributed by atoms with E-state index in [0.29, 0.717) is 23.9 Å². The van der Waals surface area contributed by atoms with Gasteiger partial charge < -0.3 is 4.57 Å². The zero-order valence-corrected chi connectivity index (χ0v) is 7.57. The summed E-state index contributed by atoms with van der Waals surface area (Å²) >= 11 is 0. The molecular weight excluding hydrogens is 185 g/mol. The number of carbonyl (C=O) groups excluding carboxylic acids is 1. The first-order valence-electron chi connectivity index (χ1n) is 4.22. The van der Waals surface area contributed by atoms with Gasteiger partial charge >= 0.3 is 0 Å². The first-order valence-corrected chi connectivity index (χ1v) is 4.22. The maximum absolute atomic E-state index is 13.3. The smallest absolute Gasteiger partial charge is 0.170 e. The van der Waals surface area contributed by atoms with Crippen molar-refractivity contribution >= 4 is 17.3 Å².